The largest absolute Gasteiger partial charge is 0.362 e. The van der Waals surface area contributed by atoms with Crippen LogP contribution in [0, 0.1) is 0 Å². The number of rotatable bonds is 3. The van der Waals surface area contributed by atoms with Gasteiger partial charge >= 0.3 is 0 Å². The summed E-state index contributed by atoms with van der Waals surface area (Å²) in [6.07, 6.45) is 3.62. The van der Waals surface area contributed by atoms with Crippen LogP contribution in [0.3, 0.4) is 0 Å². The summed E-state index contributed by atoms with van der Waals surface area (Å²) in [7, 11) is 0. The minimum absolute atomic E-state index is 0.620. The number of hydrogen-bond acceptors (Lipinski definition) is 3. The maximum atomic E-state index is 4.43. The van der Waals surface area contributed by atoms with E-state index >= 15 is 0 Å². The van der Waals surface area contributed by atoms with E-state index in [9.17, 15) is 0 Å². The minimum atomic E-state index is 0.620. The molecule has 1 aliphatic heterocycles. The molecule has 0 atom stereocenters. The van der Waals surface area contributed by atoms with Crippen molar-refractivity contribution >= 4 is 16.9 Å². The second kappa shape index (κ2) is 5.46. The Hall–Kier alpha value is -0.180. The van der Waals surface area contributed by atoms with Crippen molar-refractivity contribution in [3.8, 4) is 0 Å². The van der Waals surface area contributed by atoms with Gasteiger partial charge < -0.3 is 5.32 Å². The zero-order valence-electron chi connectivity index (χ0n) is 7.97. The van der Waals surface area contributed by atoms with Gasteiger partial charge in [0.25, 0.3) is 0 Å². The lowest BCUT2D eigenvalue weighted by atomic mass is 10.2. The number of aliphatic imine (C=N–C) groups is 1. The van der Waals surface area contributed by atoms with Crippen LogP contribution in [0.25, 0.3) is 0 Å². The van der Waals surface area contributed by atoms with Gasteiger partial charge in [0.15, 0.2) is 5.17 Å². The molecule has 2 nitrogen and oxygen atoms in total. The molecule has 0 radical (unpaired) electrons. The highest BCUT2D eigenvalue weighted by Crippen LogP contribution is 2.11. The summed E-state index contributed by atoms with van der Waals surface area (Å²) in [6.45, 7) is 5.44. The summed E-state index contributed by atoms with van der Waals surface area (Å²) >= 11 is 1.86. The van der Waals surface area contributed by atoms with Crippen molar-refractivity contribution < 1.29 is 0 Å². The molecule has 0 amide bonds. The van der Waals surface area contributed by atoms with Crippen molar-refractivity contribution in [2.45, 2.75) is 39.2 Å². The van der Waals surface area contributed by atoms with E-state index < -0.39 is 0 Å². The Morgan fingerprint density at radius 1 is 1.50 bits per heavy atom. The highest BCUT2D eigenvalue weighted by molar-refractivity contribution is 8.13. The minimum Gasteiger partial charge on any atom is -0.362 e. The second-order valence-corrected chi connectivity index (χ2v) is 4.13. The molecule has 0 aromatic rings. The van der Waals surface area contributed by atoms with E-state index in [1.54, 1.807) is 0 Å². The molecule has 0 aromatic heterocycles. The van der Waals surface area contributed by atoms with Crippen molar-refractivity contribution in [2.24, 2.45) is 4.99 Å². The third-order valence-corrected chi connectivity index (χ3v) is 3.12. The van der Waals surface area contributed by atoms with Crippen molar-refractivity contribution in [3.05, 3.63) is 0 Å². The monoisotopic (exact) mass is 186 g/mol. The van der Waals surface area contributed by atoms with Crippen LogP contribution in [0.5, 0.6) is 0 Å². The molecule has 3 heteroatoms. The SMILES string of the molecule is CCC(CC)NC1=NCCCS1. The van der Waals surface area contributed by atoms with Crippen molar-refractivity contribution in [3.63, 3.8) is 0 Å². The number of nitrogens with one attached hydrogen (secondary N) is 1. The fraction of sp³-hybridized carbons (Fsp3) is 0.889. The van der Waals surface area contributed by atoms with Gasteiger partial charge in [0.1, 0.15) is 0 Å². The lowest BCUT2D eigenvalue weighted by Crippen LogP contribution is -2.33. The molecule has 0 aromatic carbocycles. The fourth-order valence-electron chi connectivity index (χ4n) is 1.21. The molecule has 1 N–H and O–H groups in total. The second-order valence-electron chi connectivity index (χ2n) is 3.05. The molecular weight excluding hydrogens is 168 g/mol. The summed E-state index contributed by atoms with van der Waals surface area (Å²) in [5.74, 6) is 1.23. The van der Waals surface area contributed by atoms with E-state index in [-0.39, 0.29) is 0 Å². The van der Waals surface area contributed by atoms with E-state index in [1.165, 1.54) is 25.0 Å². The molecule has 0 spiro atoms. The fourth-order valence-corrected chi connectivity index (χ4v) is 2.11. The van der Waals surface area contributed by atoms with Gasteiger partial charge in [-0.3, -0.25) is 4.99 Å². The first-order valence-electron chi connectivity index (χ1n) is 4.80. The molecular formula is C9H18N2S. The van der Waals surface area contributed by atoms with Gasteiger partial charge in [-0.05, 0) is 19.3 Å². The summed E-state index contributed by atoms with van der Waals surface area (Å²) in [4.78, 5) is 4.43. The lowest BCUT2D eigenvalue weighted by molar-refractivity contribution is 0.572. The van der Waals surface area contributed by atoms with Gasteiger partial charge in [0.05, 0.1) is 0 Å². The molecule has 0 saturated carbocycles. The van der Waals surface area contributed by atoms with Gasteiger partial charge in [0.2, 0.25) is 0 Å². The Kier molecular flexibility index (Phi) is 4.51. The van der Waals surface area contributed by atoms with Gasteiger partial charge in [0, 0.05) is 18.3 Å². The van der Waals surface area contributed by atoms with Crippen LogP contribution < -0.4 is 5.32 Å². The predicted molar refractivity (Wildman–Crippen MR) is 56.9 cm³/mol. The molecule has 0 aliphatic carbocycles. The van der Waals surface area contributed by atoms with E-state index in [0.717, 1.165) is 11.7 Å². The molecule has 1 aliphatic rings. The summed E-state index contributed by atoms with van der Waals surface area (Å²) in [5, 5.41) is 4.63. The Morgan fingerprint density at radius 2 is 2.25 bits per heavy atom. The first-order chi connectivity index (χ1) is 5.86. The van der Waals surface area contributed by atoms with Crippen molar-refractivity contribution in [1.82, 2.24) is 5.32 Å². The van der Waals surface area contributed by atoms with E-state index in [4.69, 9.17) is 0 Å². The smallest absolute Gasteiger partial charge is 0.156 e. The van der Waals surface area contributed by atoms with E-state index in [2.05, 4.69) is 24.2 Å². The van der Waals surface area contributed by atoms with E-state index in [0.29, 0.717) is 6.04 Å². The van der Waals surface area contributed by atoms with Crippen LogP contribution >= 0.6 is 11.8 Å². The normalized spacial score (nSPS) is 17.8. The standard InChI is InChI=1S/C9H18N2S/c1-3-8(4-2)11-9-10-6-5-7-12-9/h8H,3-7H2,1-2H3,(H,10,11). The first-order valence-corrected chi connectivity index (χ1v) is 5.79. The molecule has 1 heterocycles. The zero-order valence-corrected chi connectivity index (χ0v) is 8.78. The molecule has 1 rings (SSSR count). The maximum absolute atomic E-state index is 4.43. The van der Waals surface area contributed by atoms with Crippen molar-refractivity contribution in [2.75, 3.05) is 12.3 Å². The Bertz CT molecular complexity index is 153. The van der Waals surface area contributed by atoms with Crippen LogP contribution in [0.1, 0.15) is 33.1 Å². The van der Waals surface area contributed by atoms with Crippen LogP contribution in [0.15, 0.2) is 4.99 Å². The Labute approximate surface area is 79.2 Å². The summed E-state index contributed by atoms with van der Waals surface area (Å²) in [5.41, 5.74) is 0. The van der Waals surface area contributed by atoms with Crippen LogP contribution in [0.4, 0.5) is 0 Å². The van der Waals surface area contributed by atoms with Gasteiger partial charge in [-0.15, -0.1) is 0 Å². The highest BCUT2D eigenvalue weighted by atomic mass is 32.2. The van der Waals surface area contributed by atoms with Gasteiger partial charge in [-0.1, -0.05) is 25.6 Å². The average molecular weight is 186 g/mol. The number of thioether (sulfide) groups is 1. The van der Waals surface area contributed by atoms with Crippen LogP contribution in [-0.2, 0) is 0 Å². The third kappa shape index (κ3) is 3.05. The number of hydrogen-bond donors (Lipinski definition) is 1. The highest BCUT2D eigenvalue weighted by Gasteiger charge is 2.09. The zero-order chi connectivity index (χ0) is 8.81. The maximum Gasteiger partial charge on any atom is 0.156 e. The first kappa shape index (κ1) is 9.90. The summed E-state index contributed by atoms with van der Waals surface area (Å²) < 4.78 is 0. The van der Waals surface area contributed by atoms with E-state index in [1.807, 2.05) is 11.8 Å². The Balaban J connectivity index is 2.32. The van der Waals surface area contributed by atoms with Gasteiger partial charge in [-0.2, -0.15) is 0 Å². The molecule has 0 unspecified atom stereocenters. The van der Waals surface area contributed by atoms with Crippen LogP contribution in [0.2, 0.25) is 0 Å². The third-order valence-electron chi connectivity index (χ3n) is 2.11. The molecule has 70 valence electrons. The van der Waals surface area contributed by atoms with Gasteiger partial charge in [-0.25, -0.2) is 0 Å². The molecule has 0 fully saturated rings. The molecule has 0 bridgehead atoms. The van der Waals surface area contributed by atoms with Crippen molar-refractivity contribution in [1.29, 1.82) is 0 Å². The lowest BCUT2D eigenvalue weighted by Gasteiger charge is -2.19. The number of amidine groups is 1. The predicted octanol–water partition coefficient (Wildman–Crippen LogP) is 2.26. The molecule has 12 heavy (non-hydrogen) atoms. The Morgan fingerprint density at radius 3 is 2.75 bits per heavy atom. The quantitative estimate of drug-likeness (QED) is 0.731. The summed E-state index contributed by atoms with van der Waals surface area (Å²) in [6, 6.07) is 0.620. The van der Waals surface area contributed by atoms with Crippen LogP contribution in [-0.4, -0.2) is 23.5 Å². The number of nitrogens with zero attached hydrogens (tertiary/aromatic N) is 1. The molecule has 0 saturated heterocycles. The topological polar surface area (TPSA) is 24.4 Å². The average Bonchev–Trinajstić information content (AvgIpc) is 2.16.